The number of hydrogen-bond acceptors (Lipinski definition) is 7. The Morgan fingerprint density at radius 3 is 0.986 bits per heavy atom. The Morgan fingerprint density at radius 2 is 0.658 bits per heavy atom. The molecule has 0 N–H and O–H groups in total. The quantitative estimate of drug-likeness (QED) is 0.0322. The minimum Gasteiger partial charge on any atom is -0.494 e. The van der Waals surface area contributed by atoms with Crippen molar-refractivity contribution in [3.63, 3.8) is 0 Å². The molecule has 2 aromatic carbocycles. The van der Waals surface area contributed by atoms with Gasteiger partial charge < -0.3 is 14.2 Å². The number of rotatable bonds is 44. The van der Waals surface area contributed by atoms with Crippen LogP contribution in [-0.2, 0) is 12.8 Å². The number of aromatic nitrogens is 4. The Balaban J connectivity index is 1.45. The van der Waals surface area contributed by atoms with Crippen LogP contribution in [0.1, 0.15) is 218 Å². The maximum atomic E-state index is 6.87. The van der Waals surface area contributed by atoms with E-state index in [2.05, 4.69) is 102 Å². The second kappa shape index (κ2) is 37.2. The van der Waals surface area contributed by atoms with Crippen LogP contribution in [0.2, 0.25) is 51.4 Å². The van der Waals surface area contributed by atoms with Crippen LogP contribution in [-0.4, -0.2) is 49.3 Å². The summed E-state index contributed by atoms with van der Waals surface area (Å²) in [7, 11) is -1.83. The maximum Gasteiger partial charge on any atom is 0.167 e. The molecule has 7 nitrogen and oxygen atoms in total. The van der Waals surface area contributed by atoms with Gasteiger partial charge in [-0.25, -0.2) is 19.9 Å². The molecule has 0 aliphatic carbocycles. The smallest absolute Gasteiger partial charge is 0.167 e. The highest BCUT2D eigenvalue weighted by Crippen LogP contribution is 2.32. The van der Waals surface area contributed by atoms with Crippen LogP contribution in [0.3, 0.4) is 0 Å². The molecule has 0 fully saturated rings. The summed E-state index contributed by atoms with van der Waals surface area (Å²) in [6, 6.07) is 19.5. The van der Waals surface area contributed by atoms with E-state index < -0.39 is 16.1 Å². The lowest BCUT2D eigenvalue weighted by atomic mass is 10.1. The fourth-order valence-electron chi connectivity index (χ4n) is 9.65. The zero-order valence-corrected chi connectivity index (χ0v) is 50.2. The Labute approximate surface area is 450 Å². The van der Waals surface area contributed by atoms with E-state index in [1.807, 2.05) is 12.4 Å². The monoisotopic (exact) mass is 1030 g/mol. The van der Waals surface area contributed by atoms with Crippen molar-refractivity contribution in [3.8, 4) is 45.8 Å². The third-order valence-corrected chi connectivity index (χ3v) is 18.0. The first-order valence-corrected chi connectivity index (χ1v) is 37.7. The molecule has 0 radical (unpaired) electrons. The molecule has 0 saturated heterocycles. The molecule has 4 aromatic rings. The first-order chi connectivity index (χ1) is 35.4. The van der Waals surface area contributed by atoms with Gasteiger partial charge in [-0.05, 0) is 87.1 Å². The lowest BCUT2D eigenvalue weighted by Gasteiger charge is -2.15. The molecule has 0 unspecified atom stereocenters. The van der Waals surface area contributed by atoms with Gasteiger partial charge in [0.05, 0.1) is 37.0 Å². The van der Waals surface area contributed by atoms with Crippen molar-refractivity contribution in [2.45, 2.75) is 271 Å². The van der Waals surface area contributed by atoms with Crippen LogP contribution in [0.5, 0.6) is 23.0 Å². The van der Waals surface area contributed by atoms with Crippen molar-refractivity contribution in [2.75, 3.05) is 13.2 Å². The van der Waals surface area contributed by atoms with Gasteiger partial charge in [-0.1, -0.05) is 232 Å². The molecule has 0 aliphatic rings. The Hall–Kier alpha value is -3.57. The lowest BCUT2D eigenvalue weighted by Crippen LogP contribution is -2.18. The van der Waals surface area contributed by atoms with Crippen molar-refractivity contribution in [2.24, 2.45) is 0 Å². The number of nitrogens with zero attached hydrogens (tertiary/aromatic N) is 4. The summed E-state index contributed by atoms with van der Waals surface area (Å²) < 4.78 is 19.1. The fourth-order valence-corrected chi connectivity index (χ4v) is 12.3. The third kappa shape index (κ3) is 28.8. The molecule has 0 saturated carbocycles. The highest BCUT2D eigenvalue weighted by molar-refractivity contribution is 6.76. The average molecular weight is 1040 g/mol. The van der Waals surface area contributed by atoms with E-state index in [0.717, 1.165) is 97.4 Å². The predicted molar refractivity (Wildman–Crippen MR) is 320 cm³/mol. The Bertz CT molecular complexity index is 1850. The second-order valence-corrected chi connectivity index (χ2v) is 35.1. The molecule has 4 rings (SSSR count). The molecule has 2 aromatic heterocycles. The van der Waals surface area contributed by atoms with Gasteiger partial charge >= 0.3 is 0 Å². The number of benzene rings is 2. The van der Waals surface area contributed by atoms with Crippen molar-refractivity contribution in [1.82, 2.24) is 19.9 Å². The topological polar surface area (TPSA) is 79.2 Å². The van der Waals surface area contributed by atoms with E-state index >= 15 is 0 Å². The summed E-state index contributed by atoms with van der Waals surface area (Å²) in [5.74, 6) is 4.64. The van der Waals surface area contributed by atoms with E-state index in [-0.39, 0.29) is 0 Å². The number of unbranched alkanes of at least 4 members (excludes halogenated alkanes) is 26. The molecular weight excluding hydrogens is 929 g/mol. The zero-order valence-electron chi connectivity index (χ0n) is 48.2. The van der Waals surface area contributed by atoms with Crippen LogP contribution in [0.15, 0.2) is 60.9 Å². The zero-order chi connectivity index (χ0) is 52.3. The molecule has 0 atom stereocenters. The molecule has 2 heterocycles. The largest absolute Gasteiger partial charge is 0.494 e. The standard InChI is InChI=1S/C64H106N4O3Si2/c1-9-11-13-15-29-35-49-69-57-45-41-55(42-46-57)63-65-53-61(59(67-63)39-33-27-23-19-17-21-25-31-37-51-72(3,4)5)71-62-54-66-64(56-43-47-58(48-44-56)70-50-36-30-16-14-12-10-2)68-60(62)40-34-28-24-20-18-22-26-32-38-52-73(6,7)8/h41-48,53-54H,9-40,49-52H2,1-8H3. The van der Waals surface area contributed by atoms with Gasteiger partial charge in [0, 0.05) is 27.3 Å². The molecule has 0 aliphatic heterocycles. The van der Waals surface area contributed by atoms with Crippen LogP contribution >= 0.6 is 0 Å². The van der Waals surface area contributed by atoms with E-state index in [4.69, 9.17) is 34.1 Å². The Kier molecular flexibility index (Phi) is 31.6. The second-order valence-electron chi connectivity index (χ2n) is 23.9. The minimum atomic E-state index is -0.916. The van der Waals surface area contributed by atoms with Gasteiger partial charge in [0.1, 0.15) is 11.5 Å². The summed E-state index contributed by atoms with van der Waals surface area (Å²) in [6.07, 6.45) is 43.9. The number of aryl methyl sites for hydroxylation is 2. The molecule has 0 amide bonds. The van der Waals surface area contributed by atoms with Gasteiger partial charge in [-0.3, -0.25) is 0 Å². The maximum absolute atomic E-state index is 6.87. The summed E-state index contributed by atoms with van der Waals surface area (Å²) in [4.78, 5) is 20.3. The fraction of sp³-hybridized carbons (Fsp3) is 0.688. The summed E-state index contributed by atoms with van der Waals surface area (Å²) in [5, 5.41) is 0. The lowest BCUT2D eigenvalue weighted by molar-refractivity contribution is 0.304. The molecule has 73 heavy (non-hydrogen) atoms. The minimum absolute atomic E-state index is 0.704. The summed E-state index contributed by atoms with van der Waals surface area (Å²) in [6.45, 7) is 21.0. The Morgan fingerprint density at radius 1 is 0.356 bits per heavy atom. The van der Waals surface area contributed by atoms with E-state index in [1.54, 1.807) is 0 Å². The third-order valence-electron chi connectivity index (χ3n) is 14.3. The van der Waals surface area contributed by atoms with E-state index in [1.165, 1.54) is 179 Å². The van der Waals surface area contributed by atoms with E-state index in [9.17, 15) is 0 Å². The average Bonchev–Trinajstić information content (AvgIpc) is 3.37. The van der Waals surface area contributed by atoms with Crippen LogP contribution in [0.25, 0.3) is 22.8 Å². The summed E-state index contributed by atoms with van der Waals surface area (Å²) >= 11 is 0. The van der Waals surface area contributed by atoms with Crippen LogP contribution in [0.4, 0.5) is 0 Å². The molecule has 9 heteroatoms. The highest BCUT2D eigenvalue weighted by Gasteiger charge is 2.17. The SMILES string of the molecule is CCCCCCCCOc1ccc(-c2ncc(Oc3cnc(-c4ccc(OCCCCCCCC)cc4)nc3CCCCCCCCCCC[Si](C)(C)C)c(CCCCCCCCCCC[Si](C)(C)C)n2)cc1. The predicted octanol–water partition coefficient (Wildman–Crippen LogP) is 20.7. The van der Waals surface area contributed by atoms with E-state index in [0.29, 0.717) is 11.5 Å². The van der Waals surface area contributed by atoms with Crippen molar-refractivity contribution >= 4 is 16.1 Å². The molecule has 408 valence electrons. The van der Waals surface area contributed by atoms with Crippen LogP contribution < -0.4 is 14.2 Å². The van der Waals surface area contributed by atoms with Gasteiger partial charge in [0.2, 0.25) is 0 Å². The molecule has 0 spiro atoms. The highest BCUT2D eigenvalue weighted by atomic mass is 28.3. The van der Waals surface area contributed by atoms with Gasteiger partial charge in [0.15, 0.2) is 23.1 Å². The normalized spacial score (nSPS) is 11.9. The van der Waals surface area contributed by atoms with Gasteiger partial charge in [-0.15, -0.1) is 0 Å². The summed E-state index contributed by atoms with van der Waals surface area (Å²) in [5.41, 5.74) is 3.86. The van der Waals surface area contributed by atoms with Crippen LogP contribution in [0, 0.1) is 0 Å². The van der Waals surface area contributed by atoms with Crippen molar-refractivity contribution < 1.29 is 14.2 Å². The van der Waals surface area contributed by atoms with Gasteiger partial charge in [-0.2, -0.15) is 0 Å². The van der Waals surface area contributed by atoms with Gasteiger partial charge in [0.25, 0.3) is 0 Å². The van der Waals surface area contributed by atoms with Crippen molar-refractivity contribution in [3.05, 3.63) is 72.3 Å². The first kappa shape index (κ1) is 62.0. The van der Waals surface area contributed by atoms with Crippen molar-refractivity contribution in [1.29, 1.82) is 0 Å². The molecular formula is C64H106N4O3Si2. The first-order valence-electron chi connectivity index (χ1n) is 30.3. The molecule has 0 bridgehead atoms. The number of ether oxygens (including phenoxy) is 3. The number of hydrogen-bond donors (Lipinski definition) is 0.